The van der Waals surface area contributed by atoms with Crippen molar-refractivity contribution in [2.24, 2.45) is 10.2 Å². The van der Waals surface area contributed by atoms with Crippen molar-refractivity contribution < 1.29 is 42.5 Å². The van der Waals surface area contributed by atoms with E-state index in [9.17, 15) is 13.0 Å². The minimum Gasteiger partial charge on any atom is -0.744 e. The van der Waals surface area contributed by atoms with Crippen molar-refractivity contribution in [1.29, 1.82) is 0 Å². The molecular formula is C14H17N4NaO3S. The van der Waals surface area contributed by atoms with Gasteiger partial charge in [0.2, 0.25) is 0 Å². The molecule has 0 atom stereocenters. The van der Waals surface area contributed by atoms with Crippen LogP contribution in [0.2, 0.25) is 0 Å². The van der Waals surface area contributed by atoms with E-state index in [2.05, 4.69) is 10.2 Å². The second kappa shape index (κ2) is 8.42. The third kappa shape index (κ3) is 5.60. The minimum absolute atomic E-state index is 0. The molecule has 0 fully saturated rings. The van der Waals surface area contributed by atoms with Gasteiger partial charge in [-0.15, -0.1) is 5.11 Å². The number of rotatable bonds is 3. The molecule has 0 spiro atoms. The Labute approximate surface area is 157 Å². The van der Waals surface area contributed by atoms with Gasteiger partial charge in [-0.1, -0.05) is 7.43 Å². The molecule has 2 rings (SSSR count). The number of anilines is 2. The van der Waals surface area contributed by atoms with Crippen LogP contribution in [0.15, 0.2) is 51.5 Å². The molecule has 7 nitrogen and oxygen atoms in total. The Balaban J connectivity index is 0.00000242. The predicted octanol–water partition coefficient (Wildman–Crippen LogP) is 0.119. The Bertz CT molecular complexity index is 806. The number of nitrogen functional groups attached to an aromatic ring is 2. The van der Waals surface area contributed by atoms with E-state index in [0.717, 1.165) is 5.56 Å². The van der Waals surface area contributed by atoms with Gasteiger partial charge in [0.25, 0.3) is 0 Å². The molecule has 2 aromatic rings. The van der Waals surface area contributed by atoms with Gasteiger partial charge in [0.05, 0.1) is 16.3 Å². The van der Waals surface area contributed by atoms with Crippen molar-refractivity contribution in [2.45, 2.75) is 19.2 Å². The average Bonchev–Trinajstić information content (AvgIpc) is 2.41. The number of aryl methyl sites for hydroxylation is 1. The van der Waals surface area contributed by atoms with E-state index < -0.39 is 10.1 Å². The molecule has 0 saturated heterocycles. The number of benzene rings is 2. The van der Waals surface area contributed by atoms with Crippen LogP contribution in [0, 0.1) is 6.92 Å². The number of nitrogens with zero attached hydrogens (tertiary/aromatic N) is 2. The summed E-state index contributed by atoms with van der Waals surface area (Å²) in [6, 6.07) is 8.41. The van der Waals surface area contributed by atoms with Gasteiger partial charge in [0, 0.05) is 5.69 Å². The molecular weight excluding hydrogens is 327 g/mol. The first-order valence-corrected chi connectivity index (χ1v) is 7.31. The largest absolute Gasteiger partial charge is 1.00 e. The third-order valence-corrected chi connectivity index (χ3v) is 3.66. The molecule has 0 aliphatic heterocycles. The van der Waals surface area contributed by atoms with Crippen molar-refractivity contribution in [2.75, 3.05) is 11.5 Å². The molecule has 4 N–H and O–H groups in total. The van der Waals surface area contributed by atoms with E-state index in [0.29, 0.717) is 22.7 Å². The van der Waals surface area contributed by atoms with Crippen LogP contribution >= 0.6 is 0 Å². The molecule has 0 heterocycles. The molecule has 9 heteroatoms. The van der Waals surface area contributed by atoms with Crippen molar-refractivity contribution in [1.82, 2.24) is 0 Å². The first kappa shape index (κ1) is 21.6. The second-order valence-electron chi connectivity index (χ2n) is 4.42. The molecule has 0 aromatic heterocycles. The number of nitrogens with two attached hydrogens (primary N) is 2. The smallest absolute Gasteiger partial charge is 0.744 e. The monoisotopic (exact) mass is 344 g/mol. The standard InChI is InChI=1S/C13H14N4O3S.CH4.Na/c1-8-6-13(12(15)7-11(8)14)17-16-9-2-4-10(5-3-9)21(18,19)20;;/h2-7H,14-15H2,1H3,(H,18,19,20);1H4;/q;;+1/p-1. The van der Waals surface area contributed by atoms with Crippen LogP contribution in [0.4, 0.5) is 22.7 Å². The van der Waals surface area contributed by atoms with E-state index >= 15 is 0 Å². The Morgan fingerprint density at radius 2 is 1.57 bits per heavy atom. The molecule has 0 unspecified atom stereocenters. The summed E-state index contributed by atoms with van der Waals surface area (Å²) in [4.78, 5) is -0.315. The van der Waals surface area contributed by atoms with Crippen molar-refractivity contribution in [3.8, 4) is 0 Å². The van der Waals surface area contributed by atoms with E-state index in [-0.39, 0.29) is 41.9 Å². The number of azo groups is 1. The van der Waals surface area contributed by atoms with Crippen LogP contribution in [0.3, 0.4) is 0 Å². The maximum atomic E-state index is 10.8. The quantitative estimate of drug-likeness (QED) is 0.353. The fourth-order valence-corrected chi connectivity index (χ4v) is 2.07. The van der Waals surface area contributed by atoms with Crippen molar-refractivity contribution in [3.63, 3.8) is 0 Å². The second-order valence-corrected chi connectivity index (χ2v) is 5.80. The van der Waals surface area contributed by atoms with Gasteiger partial charge in [0.1, 0.15) is 15.8 Å². The zero-order valence-electron chi connectivity index (χ0n) is 12.1. The summed E-state index contributed by atoms with van der Waals surface area (Å²) in [5, 5.41) is 7.93. The molecule has 0 radical (unpaired) electrons. The van der Waals surface area contributed by atoms with Crippen LogP contribution in [0.5, 0.6) is 0 Å². The SMILES string of the molecule is C.Cc1cc(N=Nc2ccc(S(=O)(=O)[O-])cc2)c(N)cc1N.[Na+]. The summed E-state index contributed by atoms with van der Waals surface area (Å²) in [6.45, 7) is 1.82. The van der Waals surface area contributed by atoms with Crippen LogP contribution in [-0.4, -0.2) is 13.0 Å². The maximum Gasteiger partial charge on any atom is 1.00 e. The third-order valence-electron chi connectivity index (χ3n) is 2.81. The molecule has 0 aliphatic rings. The van der Waals surface area contributed by atoms with E-state index in [4.69, 9.17) is 11.5 Å². The van der Waals surface area contributed by atoms with Gasteiger partial charge in [-0.05, 0) is 48.9 Å². The summed E-state index contributed by atoms with van der Waals surface area (Å²) >= 11 is 0. The first-order valence-electron chi connectivity index (χ1n) is 5.90. The van der Waals surface area contributed by atoms with Crippen molar-refractivity contribution in [3.05, 3.63) is 42.0 Å². The molecule has 2 aromatic carbocycles. The van der Waals surface area contributed by atoms with Gasteiger partial charge in [-0.25, -0.2) is 8.42 Å². The fraction of sp³-hybridized carbons (Fsp3) is 0.143. The van der Waals surface area contributed by atoms with Gasteiger partial charge in [-0.3, -0.25) is 0 Å². The van der Waals surface area contributed by atoms with Crippen LogP contribution in [-0.2, 0) is 10.1 Å². The zero-order chi connectivity index (χ0) is 15.6. The molecule has 0 aliphatic carbocycles. The Hall–Kier alpha value is -1.45. The fourth-order valence-electron chi connectivity index (χ4n) is 1.60. The molecule has 0 amide bonds. The molecule has 0 bridgehead atoms. The van der Waals surface area contributed by atoms with Gasteiger partial charge in [0.15, 0.2) is 0 Å². The van der Waals surface area contributed by atoms with Gasteiger partial charge < -0.3 is 16.0 Å². The molecule has 0 saturated carbocycles. The average molecular weight is 344 g/mol. The Morgan fingerprint density at radius 1 is 1.00 bits per heavy atom. The number of hydrogen-bond donors (Lipinski definition) is 2. The summed E-state index contributed by atoms with van der Waals surface area (Å²) < 4.78 is 32.4. The minimum atomic E-state index is -4.46. The maximum absolute atomic E-state index is 10.8. The summed E-state index contributed by atoms with van der Waals surface area (Å²) in [6.07, 6.45) is 0. The Morgan fingerprint density at radius 3 is 2.09 bits per heavy atom. The summed E-state index contributed by atoms with van der Waals surface area (Å²) in [7, 11) is -4.46. The summed E-state index contributed by atoms with van der Waals surface area (Å²) in [5.41, 5.74) is 14.1. The first-order chi connectivity index (χ1) is 9.77. The van der Waals surface area contributed by atoms with Crippen molar-refractivity contribution >= 4 is 32.9 Å². The summed E-state index contributed by atoms with van der Waals surface area (Å²) in [5.74, 6) is 0. The Kier molecular flexibility index (Phi) is 7.89. The van der Waals surface area contributed by atoms with Gasteiger partial charge >= 0.3 is 29.6 Å². The number of hydrogen-bond acceptors (Lipinski definition) is 7. The van der Waals surface area contributed by atoms with E-state index in [1.54, 1.807) is 12.1 Å². The zero-order valence-corrected chi connectivity index (χ0v) is 15.0. The molecule has 23 heavy (non-hydrogen) atoms. The van der Waals surface area contributed by atoms with E-state index in [1.165, 1.54) is 24.3 Å². The normalized spacial score (nSPS) is 10.9. The predicted molar refractivity (Wildman–Crippen MR) is 85.3 cm³/mol. The van der Waals surface area contributed by atoms with Crippen LogP contribution < -0.4 is 41.0 Å². The van der Waals surface area contributed by atoms with Crippen LogP contribution in [0.1, 0.15) is 13.0 Å². The topological polar surface area (TPSA) is 134 Å². The van der Waals surface area contributed by atoms with E-state index in [1.807, 2.05) is 6.92 Å². The van der Waals surface area contributed by atoms with Gasteiger partial charge in [-0.2, -0.15) is 5.11 Å². The van der Waals surface area contributed by atoms with Crippen LogP contribution in [0.25, 0.3) is 0 Å². The molecule has 118 valence electrons.